The first kappa shape index (κ1) is 26.4. The smallest absolute Gasteiger partial charge is 0.395 e. The van der Waals surface area contributed by atoms with E-state index in [0.717, 1.165) is 6.92 Å². The van der Waals surface area contributed by atoms with Crippen LogP contribution in [0.1, 0.15) is 20.3 Å². The maximum absolute atomic E-state index is 13.3. The number of rotatable bonds is 7. The highest BCUT2D eigenvalue weighted by Gasteiger charge is 2.51. The average Bonchev–Trinajstić information content (AvgIpc) is 2.42. The normalized spacial score (nSPS) is 16.8. The number of sulfone groups is 2. The predicted molar refractivity (Wildman–Crippen MR) is 84.1 cm³/mol. The summed E-state index contributed by atoms with van der Waals surface area (Å²) in [5.41, 5.74) is 0.412. The van der Waals surface area contributed by atoms with Gasteiger partial charge in [-0.05, 0) is 18.6 Å². The Kier molecular flexibility index (Phi) is 7.54. The van der Waals surface area contributed by atoms with Gasteiger partial charge in [-0.25, -0.2) is 16.8 Å². The molecule has 0 bridgehead atoms. The van der Waals surface area contributed by atoms with Gasteiger partial charge in [0.2, 0.25) is 9.84 Å². The van der Waals surface area contributed by atoms with Gasteiger partial charge in [0.05, 0.1) is 4.91 Å². The molecule has 0 aliphatic rings. The quantitative estimate of drug-likeness (QED) is 0.458. The van der Waals surface area contributed by atoms with E-state index in [0.29, 0.717) is 0 Å². The molecule has 0 saturated heterocycles. The van der Waals surface area contributed by atoms with Crippen LogP contribution in [0.3, 0.4) is 0 Å². The highest BCUT2D eigenvalue weighted by atomic mass is 32.3. The summed E-state index contributed by atoms with van der Waals surface area (Å²) in [5.74, 6) is 0. The molecule has 28 heavy (non-hydrogen) atoms. The van der Waals surface area contributed by atoms with Gasteiger partial charge in [-0.1, -0.05) is 13.5 Å². The number of hydrogen-bond acceptors (Lipinski definition) is 5. The van der Waals surface area contributed by atoms with Crippen molar-refractivity contribution in [3.05, 3.63) is 34.9 Å². The molecule has 1 atom stereocenters. The van der Waals surface area contributed by atoms with Crippen molar-refractivity contribution >= 4 is 19.7 Å². The lowest BCUT2D eigenvalue weighted by Gasteiger charge is -2.22. The molecule has 2 N–H and O–H groups in total. The number of hydrogen-bond donors (Lipinski definition) is 1. The Balaban J connectivity index is 6.90. The number of allylic oxidation sites excluding steroid dienone is 4. The molecule has 1 unspecified atom stereocenters. The fourth-order valence-electron chi connectivity index (χ4n) is 1.68. The molecular weight excluding hydrogens is 450 g/mol. The summed E-state index contributed by atoms with van der Waals surface area (Å²) < 4.78 is 148. The van der Waals surface area contributed by atoms with Gasteiger partial charge in [0.25, 0.3) is 0 Å². The van der Waals surface area contributed by atoms with Gasteiger partial charge in [0.15, 0.2) is 14.4 Å². The van der Waals surface area contributed by atoms with Crippen LogP contribution in [0.15, 0.2) is 34.9 Å². The predicted octanol–water partition coefficient (Wildman–Crippen LogP) is 3.57. The third-order valence-corrected chi connectivity index (χ3v) is 8.62. The minimum atomic E-state index is -5.86. The second-order valence-electron chi connectivity index (χ2n) is 5.40. The van der Waals surface area contributed by atoms with Crippen molar-refractivity contribution in [3.8, 4) is 0 Å². The summed E-state index contributed by atoms with van der Waals surface area (Å²) >= 11 is 0. The Hall–Kier alpha value is -1.64. The van der Waals surface area contributed by atoms with Crippen LogP contribution in [0, 0.1) is 0 Å². The van der Waals surface area contributed by atoms with Crippen molar-refractivity contribution in [1.82, 2.24) is 0 Å². The second-order valence-corrected chi connectivity index (χ2v) is 10.2. The zero-order valence-electron chi connectivity index (χ0n) is 14.2. The fraction of sp³-hybridized carbons (Fsp3) is 0.538. The first-order chi connectivity index (χ1) is 12.1. The maximum Gasteiger partial charge on any atom is 0.430 e. The summed E-state index contributed by atoms with van der Waals surface area (Å²) in [7, 11) is -11.5. The van der Waals surface area contributed by atoms with E-state index >= 15 is 0 Å². The van der Waals surface area contributed by atoms with E-state index in [4.69, 9.17) is 0 Å². The Morgan fingerprint density at radius 2 is 1.39 bits per heavy atom. The van der Waals surface area contributed by atoms with Crippen molar-refractivity contribution in [2.75, 3.05) is 0 Å². The van der Waals surface area contributed by atoms with Crippen molar-refractivity contribution in [2.45, 2.75) is 42.5 Å². The zero-order chi connectivity index (χ0) is 22.9. The minimum absolute atomic E-state index is 0.182. The first-order valence-corrected chi connectivity index (χ1v) is 10.1. The molecule has 0 aromatic carbocycles. The Labute approximate surface area is 155 Å². The van der Waals surface area contributed by atoms with Crippen LogP contribution in [0.25, 0.3) is 0 Å². The Bertz CT molecular complexity index is 875. The van der Waals surface area contributed by atoms with Crippen molar-refractivity contribution in [2.24, 2.45) is 5.73 Å². The molecule has 5 nitrogen and oxygen atoms in total. The van der Waals surface area contributed by atoms with Crippen molar-refractivity contribution in [1.29, 1.82) is 0 Å². The molecule has 0 aromatic heterocycles. The highest BCUT2D eigenvalue weighted by Crippen LogP contribution is 2.35. The fourth-order valence-corrected chi connectivity index (χ4v) is 6.10. The van der Waals surface area contributed by atoms with Crippen LogP contribution in [-0.2, 0) is 19.7 Å². The van der Waals surface area contributed by atoms with E-state index < -0.39 is 76.6 Å². The largest absolute Gasteiger partial charge is 0.430 e. The third-order valence-electron chi connectivity index (χ3n) is 3.16. The number of alkyl halides is 8. The first-order valence-electron chi connectivity index (χ1n) is 6.97. The third kappa shape index (κ3) is 5.93. The second kappa shape index (κ2) is 8.00. The monoisotopic (exact) mass is 465 g/mol. The molecule has 0 aliphatic carbocycles. The van der Waals surface area contributed by atoms with Crippen molar-refractivity contribution < 1.29 is 52.0 Å². The molecule has 0 aromatic rings. The van der Waals surface area contributed by atoms with E-state index in [9.17, 15) is 52.0 Å². The topological polar surface area (TPSA) is 94.3 Å². The van der Waals surface area contributed by atoms with Gasteiger partial charge < -0.3 is 5.73 Å². The zero-order valence-corrected chi connectivity index (χ0v) is 15.8. The minimum Gasteiger partial charge on any atom is -0.395 e. The van der Waals surface area contributed by atoms with E-state index in [2.05, 4.69) is 12.3 Å². The molecular formula is C13H15F8NO4S2. The van der Waals surface area contributed by atoms with E-state index in [-0.39, 0.29) is 6.92 Å². The molecule has 0 fully saturated rings. The van der Waals surface area contributed by atoms with E-state index in [1.165, 1.54) is 0 Å². The molecule has 0 aliphatic heterocycles. The number of nitrogens with two attached hydrogens (primary N) is 1. The van der Waals surface area contributed by atoms with Crippen LogP contribution >= 0.6 is 0 Å². The molecule has 0 radical (unpaired) electrons. The van der Waals surface area contributed by atoms with Crippen LogP contribution in [0.5, 0.6) is 0 Å². The summed E-state index contributed by atoms with van der Waals surface area (Å²) in [6.07, 6.45) is -12.7. The maximum atomic E-state index is 13.3. The van der Waals surface area contributed by atoms with Crippen LogP contribution in [0.2, 0.25) is 0 Å². The average molecular weight is 465 g/mol. The lowest BCUT2D eigenvalue weighted by molar-refractivity contribution is -0.0926. The molecule has 15 heteroatoms. The van der Waals surface area contributed by atoms with Gasteiger partial charge in [0.1, 0.15) is 5.70 Å². The van der Waals surface area contributed by atoms with Gasteiger partial charge >= 0.3 is 17.6 Å². The standard InChI is InChI=1S/C13H15F8NO4S2/c1-4-10(28(25,26)11(3,14)15)27(23,24)8(5-7(2)12(16,17)18)6-9(22)13(19,20)21/h5-6,10H,2,4,22H2,1,3H3/b8-5+,9-6-. The van der Waals surface area contributed by atoms with Gasteiger partial charge in [-0.15, -0.1) is 0 Å². The number of halogens is 8. The van der Waals surface area contributed by atoms with Crippen LogP contribution in [-0.4, -0.2) is 39.0 Å². The summed E-state index contributed by atoms with van der Waals surface area (Å²) in [5, 5.41) is -4.65. The molecule has 0 heterocycles. The molecule has 164 valence electrons. The highest BCUT2D eigenvalue weighted by molar-refractivity contribution is 8.11. The lowest BCUT2D eigenvalue weighted by atomic mass is 10.2. The summed E-state index contributed by atoms with van der Waals surface area (Å²) in [4.78, 5) is -1.88. The van der Waals surface area contributed by atoms with Gasteiger partial charge in [-0.2, -0.15) is 35.1 Å². The van der Waals surface area contributed by atoms with Gasteiger partial charge in [-0.3, -0.25) is 0 Å². The Morgan fingerprint density at radius 3 is 1.68 bits per heavy atom. The molecule has 0 amide bonds. The molecule has 0 spiro atoms. The van der Waals surface area contributed by atoms with Crippen molar-refractivity contribution in [3.63, 3.8) is 0 Å². The Morgan fingerprint density at radius 1 is 0.964 bits per heavy atom. The van der Waals surface area contributed by atoms with E-state index in [1.807, 2.05) is 0 Å². The lowest BCUT2D eigenvalue weighted by Crippen LogP contribution is -2.40. The summed E-state index contributed by atoms with van der Waals surface area (Å²) in [6.45, 7) is 3.04. The SMILES string of the molecule is C=C(/C=C(\C=C(/N)C(F)(F)F)S(=O)(=O)C(CC)S(=O)(=O)C(C)(F)F)C(F)(F)F. The van der Waals surface area contributed by atoms with Crippen LogP contribution < -0.4 is 5.73 Å². The summed E-state index contributed by atoms with van der Waals surface area (Å²) in [6, 6.07) is 0. The van der Waals surface area contributed by atoms with Gasteiger partial charge in [0, 0.05) is 12.5 Å². The van der Waals surface area contributed by atoms with Crippen LogP contribution in [0.4, 0.5) is 35.1 Å². The molecule has 0 saturated carbocycles. The molecule has 0 rings (SSSR count). The van der Waals surface area contributed by atoms with E-state index in [1.54, 1.807) is 0 Å².